The van der Waals surface area contributed by atoms with Gasteiger partial charge < -0.3 is 21.4 Å². The lowest BCUT2D eigenvalue weighted by atomic mass is 10.1. The van der Waals surface area contributed by atoms with Crippen molar-refractivity contribution in [1.82, 2.24) is 10.3 Å². The van der Waals surface area contributed by atoms with Crippen molar-refractivity contribution in [3.63, 3.8) is 0 Å². The largest absolute Gasteiger partial charge is 0.366 e. The number of aromatic amines is 1. The van der Waals surface area contributed by atoms with Gasteiger partial charge in [0.2, 0.25) is 11.8 Å². The zero-order valence-electron chi connectivity index (χ0n) is 17.4. The molecule has 0 atom stereocenters. The van der Waals surface area contributed by atoms with Crippen LogP contribution < -0.4 is 16.4 Å². The Kier molecular flexibility index (Phi) is 6.67. The number of nitrogens with two attached hydrogens (primary N) is 1. The summed E-state index contributed by atoms with van der Waals surface area (Å²) in [6.07, 6.45) is 4.64. The second-order valence-electron chi connectivity index (χ2n) is 7.22. The van der Waals surface area contributed by atoms with E-state index >= 15 is 0 Å². The summed E-state index contributed by atoms with van der Waals surface area (Å²) in [4.78, 5) is 38.3. The number of nitrogens with one attached hydrogen (secondary N) is 3. The smallest absolute Gasteiger partial charge is 0.267 e. The highest BCUT2D eigenvalue weighted by Gasteiger charge is 2.11. The lowest BCUT2D eigenvalue weighted by Crippen LogP contribution is -2.23. The maximum absolute atomic E-state index is 12.2. The SMILES string of the molecule is Cc1ccc(/C=C/C(=O)Nc2cccc(CNC(=O)c3cc(C(N)=O)c[nH]3)c2)cc1C. The molecule has 1 heterocycles. The predicted molar refractivity (Wildman–Crippen MR) is 121 cm³/mol. The Labute approximate surface area is 180 Å². The predicted octanol–water partition coefficient (Wildman–Crippen LogP) is 3.31. The standard InChI is InChI=1S/C24H24N4O3/c1-15-6-7-17(10-16(15)2)8-9-22(29)28-20-5-3-4-18(11-20)13-27-24(31)21-12-19(14-26-21)23(25)30/h3-12,14,26H,13H2,1-2H3,(H2,25,30)(H,27,31)(H,28,29)/b9-8+. The van der Waals surface area contributed by atoms with E-state index in [2.05, 4.69) is 15.6 Å². The van der Waals surface area contributed by atoms with E-state index in [9.17, 15) is 14.4 Å². The molecule has 0 fully saturated rings. The average Bonchev–Trinajstić information content (AvgIpc) is 3.24. The Morgan fingerprint density at radius 1 is 1.03 bits per heavy atom. The number of carbonyl (C=O) groups is 3. The molecule has 3 rings (SSSR count). The number of hydrogen-bond acceptors (Lipinski definition) is 3. The van der Waals surface area contributed by atoms with Gasteiger partial charge in [0.25, 0.3) is 5.91 Å². The topological polar surface area (TPSA) is 117 Å². The number of primary amides is 1. The lowest BCUT2D eigenvalue weighted by molar-refractivity contribution is -0.111. The molecule has 1 aromatic heterocycles. The summed E-state index contributed by atoms with van der Waals surface area (Å²) in [6.45, 7) is 4.33. The van der Waals surface area contributed by atoms with Gasteiger partial charge in [-0.25, -0.2) is 0 Å². The van der Waals surface area contributed by atoms with Crippen molar-refractivity contribution in [2.45, 2.75) is 20.4 Å². The summed E-state index contributed by atoms with van der Waals surface area (Å²) in [5.74, 6) is -1.21. The summed E-state index contributed by atoms with van der Waals surface area (Å²) in [5.41, 5.74) is 10.4. The van der Waals surface area contributed by atoms with Crippen molar-refractivity contribution in [2.24, 2.45) is 5.73 Å². The quantitative estimate of drug-likeness (QED) is 0.443. The fourth-order valence-corrected chi connectivity index (χ4v) is 2.93. The Morgan fingerprint density at radius 2 is 1.84 bits per heavy atom. The first-order valence-corrected chi connectivity index (χ1v) is 9.73. The minimum Gasteiger partial charge on any atom is -0.366 e. The van der Waals surface area contributed by atoms with Crippen molar-refractivity contribution in [3.8, 4) is 0 Å². The van der Waals surface area contributed by atoms with E-state index in [1.54, 1.807) is 24.3 Å². The van der Waals surface area contributed by atoms with E-state index in [4.69, 9.17) is 5.73 Å². The third-order valence-corrected chi connectivity index (χ3v) is 4.82. The number of amides is 3. The monoisotopic (exact) mass is 416 g/mol. The van der Waals surface area contributed by atoms with Crippen LogP contribution in [0.15, 0.2) is 60.8 Å². The number of aryl methyl sites for hydroxylation is 2. The van der Waals surface area contributed by atoms with Crippen LogP contribution >= 0.6 is 0 Å². The molecule has 7 nitrogen and oxygen atoms in total. The first kappa shape index (κ1) is 21.6. The van der Waals surface area contributed by atoms with Crippen LogP contribution in [-0.4, -0.2) is 22.7 Å². The summed E-state index contributed by atoms with van der Waals surface area (Å²) in [6, 6.07) is 14.6. The molecule has 3 amide bonds. The Balaban J connectivity index is 1.57. The van der Waals surface area contributed by atoms with Crippen LogP contribution in [0.2, 0.25) is 0 Å². The highest BCUT2D eigenvalue weighted by molar-refractivity contribution is 6.02. The Morgan fingerprint density at radius 3 is 2.55 bits per heavy atom. The highest BCUT2D eigenvalue weighted by Crippen LogP contribution is 2.13. The van der Waals surface area contributed by atoms with Gasteiger partial charge in [0, 0.05) is 24.5 Å². The highest BCUT2D eigenvalue weighted by atomic mass is 16.2. The molecule has 2 aromatic carbocycles. The van der Waals surface area contributed by atoms with Crippen LogP contribution in [0, 0.1) is 13.8 Å². The normalized spacial score (nSPS) is 10.8. The number of carbonyl (C=O) groups excluding carboxylic acids is 3. The van der Waals surface area contributed by atoms with E-state index in [0.29, 0.717) is 5.69 Å². The second kappa shape index (κ2) is 9.58. The Bertz CT molecular complexity index is 1160. The summed E-state index contributed by atoms with van der Waals surface area (Å²) >= 11 is 0. The zero-order valence-corrected chi connectivity index (χ0v) is 17.4. The summed E-state index contributed by atoms with van der Waals surface area (Å²) in [7, 11) is 0. The number of rotatable bonds is 7. The van der Waals surface area contributed by atoms with Gasteiger partial charge in [-0.15, -0.1) is 0 Å². The second-order valence-corrected chi connectivity index (χ2v) is 7.22. The molecular formula is C24H24N4O3. The fourth-order valence-electron chi connectivity index (χ4n) is 2.93. The van der Waals surface area contributed by atoms with Crippen molar-refractivity contribution in [3.05, 3.63) is 94.3 Å². The molecule has 0 aliphatic rings. The van der Waals surface area contributed by atoms with Crippen molar-refractivity contribution >= 4 is 29.5 Å². The van der Waals surface area contributed by atoms with E-state index < -0.39 is 5.91 Å². The first-order chi connectivity index (χ1) is 14.8. The zero-order chi connectivity index (χ0) is 22.4. The Hall–Kier alpha value is -4.13. The van der Waals surface area contributed by atoms with Gasteiger partial charge in [-0.05, 0) is 60.4 Å². The van der Waals surface area contributed by atoms with Crippen molar-refractivity contribution in [1.29, 1.82) is 0 Å². The fraction of sp³-hybridized carbons (Fsp3) is 0.125. The minimum absolute atomic E-state index is 0.240. The molecule has 0 radical (unpaired) electrons. The van der Waals surface area contributed by atoms with Crippen LogP contribution in [0.1, 0.15) is 43.1 Å². The van der Waals surface area contributed by atoms with Gasteiger partial charge in [0.05, 0.1) is 5.56 Å². The third kappa shape index (κ3) is 5.93. The number of H-pyrrole nitrogens is 1. The van der Waals surface area contributed by atoms with Crippen LogP contribution in [0.5, 0.6) is 0 Å². The molecule has 0 bridgehead atoms. The average molecular weight is 416 g/mol. The third-order valence-electron chi connectivity index (χ3n) is 4.82. The van der Waals surface area contributed by atoms with Gasteiger partial charge in [0.15, 0.2) is 0 Å². The minimum atomic E-state index is -0.606. The summed E-state index contributed by atoms with van der Waals surface area (Å²) in [5, 5.41) is 5.57. The van der Waals surface area contributed by atoms with Crippen LogP contribution in [0.4, 0.5) is 5.69 Å². The van der Waals surface area contributed by atoms with Gasteiger partial charge >= 0.3 is 0 Å². The number of aromatic nitrogens is 1. The first-order valence-electron chi connectivity index (χ1n) is 9.73. The van der Waals surface area contributed by atoms with Gasteiger partial charge in [-0.1, -0.05) is 30.3 Å². The van der Waals surface area contributed by atoms with E-state index in [1.165, 1.54) is 29.5 Å². The van der Waals surface area contributed by atoms with Gasteiger partial charge in [-0.3, -0.25) is 14.4 Å². The molecular weight excluding hydrogens is 392 g/mol. The van der Waals surface area contributed by atoms with E-state index in [-0.39, 0.29) is 29.6 Å². The molecule has 0 saturated carbocycles. The molecule has 0 unspecified atom stereocenters. The van der Waals surface area contributed by atoms with Gasteiger partial charge in [-0.2, -0.15) is 0 Å². The number of anilines is 1. The van der Waals surface area contributed by atoms with Gasteiger partial charge in [0.1, 0.15) is 5.69 Å². The number of benzene rings is 2. The molecule has 3 aromatic rings. The molecule has 0 spiro atoms. The van der Waals surface area contributed by atoms with E-state index in [0.717, 1.165) is 11.1 Å². The molecule has 0 saturated heterocycles. The van der Waals surface area contributed by atoms with Crippen LogP contribution in [0.3, 0.4) is 0 Å². The number of hydrogen-bond donors (Lipinski definition) is 4. The molecule has 0 aliphatic heterocycles. The molecule has 5 N–H and O–H groups in total. The maximum Gasteiger partial charge on any atom is 0.267 e. The van der Waals surface area contributed by atoms with Crippen molar-refractivity contribution in [2.75, 3.05) is 5.32 Å². The lowest BCUT2D eigenvalue weighted by Gasteiger charge is -2.07. The van der Waals surface area contributed by atoms with Crippen LogP contribution in [0.25, 0.3) is 6.08 Å². The molecule has 0 aliphatic carbocycles. The summed E-state index contributed by atoms with van der Waals surface area (Å²) < 4.78 is 0. The van der Waals surface area contributed by atoms with E-state index in [1.807, 2.05) is 38.1 Å². The van der Waals surface area contributed by atoms with Crippen LogP contribution in [-0.2, 0) is 11.3 Å². The molecule has 7 heteroatoms. The van der Waals surface area contributed by atoms with Crippen molar-refractivity contribution < 1.29 is 14.4 Å². The molecule has 158 valence electrons. The maximum atomic E-state index is 12.2. The molecule has 31 heavy (non-hydrogen) atoms.